The summed E-state index contributed by atoms with van der Waals surface area (Å²) < 4.78 is 15.7. The third kappa shape index (κ3) is 4.79. The fourth-order valence-electron chi connectivity index (χ4n) is 5.05. The number of aromatic nitrogens is 2. The Balaban J connectivity index is 1.27. The van der Waals surface area contributed by atoms with Crippen molar-refractivity contribution in [3.8, 4) is 11.4 Å². The van der Waals surface area contributed by atoms with Crippen LogP contribution >= 0.6 is 0 Å². The van der Waals surface area contributed by atoms with Crippen molar-refractivity contribution in [1.82, 2.24) is 19.8 Å². The zero-order valence-electron chi connectivity index (χ0n) is 20.4. The van der Waals surface area contributed by atoms with Crippen LogP contribution in [0.5, 0.6) is 0 Å². The van der Waals surface area contributed by atoms with Crippen LogP contribution in [0.25, 0.3) is 11.4 Å². The molecule has 2 aromatic carbocycles. The fraction of sp³-hybridized carbons (Fsp3) is 0.414. The third-order valence-corrected chi connectivity index (χ3v) is 7.40. The first-order chi connectivity index (χ1) is 17.6. The van der Waals surface area contributed by atoms with E-state index in [0.29, 0.717) is 23.8 Å². The molecular weight excluding hydrogens is 455 g/mol. The van der Waals surface area contributed by atoms with Gasteiger partial charge in [-0.15, -0.1) is 0 Å². The molecule has 1 aromatic heterocycles. The zero-order valence-corrected chi connectivity index (χ0v) is 20.4. The van der Waals surface area contributed by atoms with Crippen LogP contribution in [0.2, 0.25) is 0 Å². The Hall–Kier alpha value is -3.48. The first-order valence-electron chi connectivity index (χ1n) is 13.1. The maximum atomic E-state index is 13.9. The van der Waals surface area contributed by atoms with E-state index in [1.54, 1.807) is 12.1 Å². The second kappa shape index (κ2) is 9.52. The minimum Gasteiger partial charge on any atom is -0.349 e. The molecule has 2 aliphatic carbocycles. The van der Waals surface area contributed by atoms with Gasteiger partial charge in [0.2, 0.25) is 0 Å². The van der Waals surface area contributed by atoms with E-state index < -0.39 is 0 Å². The van der Waals surface area contributed by atoms with E-state index in [9.17, 15) is 14.0 Å². The van der Waals surface area contributed by atoms with E-state index in [0.717, 1.165) is 80.6 Å². The highest BCUT2D eigenvalue weighted by Gasteiger charge is 2.36. The minimum atomic E-state index is -0.284. The van der Waals surface area contributed by atoms with Gasteiger partial charge in [0.05, 0.1) is 5.69 Å². The molecule has 6 nitrogen and oxygen atoms in total. The maximum absolute atomic E-state index is 13.9. The highest BCUT2D eigenvalue weighted by Crippen LogP contribution is 2.33. The van der Waals surface area contributed by atoms with Crippen LogP contribution in [-0.4, -0.2) is 38.3 Å². The lowest BCUT2D eigenvalue weighted by Gasteiger charge is -2.22. The molecule has 1 aliphatic heterocycles. The molecule has 7 heteroatoms. The second-order valence-corrected chi connectivity index (χ2v) is 10.3. The van der Waals surface area contributed by atoms with Crippen molar-refractivity contribution in [2.24, 2.45) is 0 Å². The van der Waals surface area contributed by atoms with Gasteiger partial charge in [-0.3, -0.25) is 9.59 Å². The van der Waals surface area contributed by atoms with Crippen LogP contribution in [0.4, 0.5) is 4.39 Å². The molecule has 0 unspecified atom stereocenters. The highest BCUT2D eigenvalue weighted by atomic mass is 19.1. The number of nitrogens with zero attached hydrogens (tertiary/aromatic N) is 3. The first kappa shape index (κ1) is 23.0. The Morgan fingerprint density at radius 1 is 0.972 bits per heavy atom. The van der Waals surface area contributed by atoms with Crippen molar-refractivity contribution in [3.63, 3.8) is 0 Å². The Bertz CT molecular complexity index is 1270. The maximum Gasteiger partial charge on any atom is 0.274 e. The number of nitrogens with one attached hydrogen (secondary N) is 1. The molecule has 36 heavy (non-hydrogen) atoms. The molecule has 0 radical (unpaired) electrons. The van der Waals surface area contributed by atoms with Gasteiger partial charge in [-0.05, 0) is 86.9 Å². The Morgan fingerprint density at radius 3 is 2.42 bits per heavy atom. The number of fused-ring (bicyclic) bond motifs is 1. The topological polar surface area (TPSA) is 67.2 Å². The van der Waals surface area contributed by atoms with Crippen molar-refractivity contribution < 1.29 is 14.0 Å². The lowest BCUT2D eigenvalue weighted by atomic mass is 10.1. The van der Waals surface area contributed by atoms with E-state index in [2.05, 4.69) is 9.88 Å². The van der Waals surface area contributed by atoms with Gasteiger partial charge in [-0.2, -0.15) is 0 Å². The van der Waals surface area contributed by atoms with Gasteiger partial charge < -0.3 is 14.8 Å². The second-order valence-electron chi connectivity index (χ2n) is 10.3. The van der Waals surface area contributed by atoms with Gasteiger partial charge in [0, 0.05) is 36.3 Å². The molecule has 0 bridgehead atoms. The molecular formula is C29H31FN4O2. The van der Waals surface area contributed by atoms with Crippen LogP contribution in [0.15, 0.2) is 48.5 Å². The number of carbonyl (C=O) groups is 2. The highest BCUT2D eigenvalue weighted by molar-refractivity contribution is 5.95. The van der Waals surface area contributed by atoms with E-state index in [4.69, 9.17) is 4.98 Å². The summed E-state index contributed by atoms with van der Waals surface area (Å²) in [5.41, 5.74) is 4.01. The van der Waals surface area contributed by atoms with Crippen LogP contribution in [-0.2, 0) is 19.5 Å². The zero-order chi connectivity index (χ0) is 24.6. The van der Waals surface area contributed by atoms with Gasteiger partial charge in [0.1, 0.15) is 17.3 Å². The number of hydrogen-bond acceptors (Lipinski definition) is 3. The minimum absolute atomic E-state index is 0.0341. The fourth-order valence-corrected chi connectivity index (χ4v) is 5.05. The number of carbonyl (C=O) groups excluding carboxylic acids is 2. The monoisotopic (exact) mass is 486 g/mol. The Labute approximate surface area is 210 Å². The molecule has 0 saturated heterocycles. The molecule has 186 valence electrons. The van der Waals surface area contributed by atoms with E-state index >= 15 is 0 Å². The van der Waals surface area contributed by atoms with Crippen molar-refractivity contribution in [2.75, 3.05) is 0 Å². The molecule has 2 saturated carbocycles. The summed E-state index contributed by atoms with van der Waals surface area (Å²) in [7, 11) is 0. The number of hydrogen-bond donors (Lipinski definition) is 1. The molecule has 0 atom stereocenters. The molecule has 0 spiro atoms. The number of imidazole rings is 1. The number of halogens is 1. The van der Waals surface area contributed by atoms with Crippen LogP contribution in [0, 0.1) is 5.82 Å². The summed E-state index contributed by atoms with van der Waals surface area (Å²) in [4.78, 5) is 33.1. The Morgan fingerprint density at radius 2 is 1.72 bits per heavy atom. The van der Waals surface area contributed by atoms with Gasteiger partial charge in [0.15, 0.2) is 0 Å². The van der Waals surface area contributed by atoms with Gasteiger partial charge in [-0.1, -0.05) is 18.6 Å². The predicted octanol–water partition coefficient (Wildman–Crippen LogP) is 5.11. The van der Waals surface area contributed by atoms with Crippen molar-refractivity contribution in [2.45, 2.75) is 76.5 Å². The number of rotatable bonds is 7. The number of benzene rings is 2. The summed E-state index contributed by atoms with van der Waals surface area (Å²) in [6.45, 7) is 1.31. The van der Waals surface area contributed by atoms with Crippen LogP contribution < -0.4 is 5.32 Å². The van der Waals surface area contributed by atoms with E-state index in [-0.39, 0.29) is 23.7 Å². The SMILES string of the molecule is O=C(NC1CC1)c1ccc(CN(C(=O)c2nc(-c3ccc(F)cc3)n3c2CCCCC3)C2CC2)cc1. The van der Waals surface area contributed by atoms with Crippen LogP contribution in [0.3, 0.4) is 0 Å². The average Bonchev–Trinajstić information content (AvgIpc) is 3.81. The standard InChI is InChI=1S/C29H31FN4O2/c30-22-11-9-20(10-12-22)27-32-26(25-4-2-1-3-17-33(25)27)29(36)34(24-15-16-24)18-19-5-7-21(8-6-19)28(35)31-23-13-14-23/h5-12,23-24H,1-4,13-18H2,(H,31,35). The lowest BCUT2D eigenvalue weighted by molar-refractivity contribution is 0.0722. The molecule has 3 aromatic rings. The molecule has 2 heterocycles. The normalized spacial score (nSPS) is 17.2. The van der Waals surface area contributed by atoms with E-state index in [1.165, 1.54) is 12.1 Å². The first-order valence-corrected chi connectivity index (χ1v) is 13.1. The van der Waals surface area contributed by atoms with Crippen LogP contribution in [0.1, 0.15) is 77.0 Å². The van der Waals surface area contributed by atoms with Crippen molar-refractivity contribution >= 4 is 11.8 Å². The molecule has 2 fully saturated rings. The summed E-state index contributed by atoms with van der Waals surface area (Å²) in [5, 5.41) is 3.02. The molecule has 2 amide bonds. The van der Waals surface area contributed by atoms with Gasteiger partial charge in [-0.25, -0.2) is 9.37 Å². The van der Waals surface area contributed by atoms with Gasteiger partial charge >= 0.3 is 0 Å². The lowest BCUT2D eigenvalue weighted by Crippen LogP contribution is -2.33. The third-order valence-electron chi connectivity index (χ3n) is 7.40. The Kier molecular flexibility index (Phi) is 6.07. The predicted molar refractivity (Wildman–Crippen MR) is 135 cm³/mol. The largest absolute Gasteiger partial charge is 0.349 e. The molecule has 6 rings (SSSR count). The molecule has 3 aliphatic rings. The average molecular weight is 487 g/mol. The van der Waals surface area contributed by atoms with Crippen molar-refractivity contribution in [3.05, 3.63) is 76.9 Å². The smallest absolute Gasteiger partial charge is 0.274 e. The summed E-state index contributed by atoms with van der Waals surface area (Å²) in [6, 6.07) is 14.5. The summed E-state index contributed by atoms with van der Waals surface area (Å²) in [5.74, 6) is 0.394. The summed E-state index contributed by atoms with van der Waals surface area (Å²) >= 11 is 0. The van der Waals surface area contributed by atoms with Crippen molar-refractivity contribution in [1.29, 1.82) is 0 Å². The quantitative estimate of drug-likeness (QED) is 0.505. The number of amides is 2. The van der Waals surface area contributed by atoms with Gasteiger partial charge in [0.25, 0.3) is 11.8 Å². The van der Waals surface area contributed by atoms with E-state index in [1.807, 2.05) is 29.2 Å². The summed E-state index contributed by atoms with van der Waals surface area (Å²) in [6.07, 6.45) is 8.11. The molecule has 1 N–H and O–H groups in total.